The minimum Gasteiger partial charge on any atom is -0.382 e. The Bertz CT molecular complexity index is 487. The van der Waals surface area contributed by atoms with Gasteiger partial charge in [0.2, 0.25) is 0 Å². The monoisotopic (exact) mass is 247 g/mol. The Morgan fingerprint density at radius 3 is 2.18 bits per heavy atom. The molecule has 2 rings (SSSR count). The number of benzene rings is 1. The Hall–Kier alpha value is -1.19. The fraction of sp³-hybridized carbons (Fsp3) is 0.357. The van der Waals surface area contributed by atoms with E-state index in [4.69, 9.17) is 0 Å². The minimum absolute atomic E-state index is 0.516. The van der Waals surface area contributed by atoms with Gasteiger partial charge in [-0.15, -0.1) is 11.3 Å². The smallest absolute Gasteiger partial charge is 0.122 e. The summed E-state index contributed by atoms with van der Waals surface area (Å²) in [6.45, 7) is 6.27. The van der Waals surface area contributed by atoms with Gasteiger partial charge >= 0.3 is 0 Å². The molecular weight excluding hydrogens is 230 g/mol. The summed E-state index contributed by atoms with van der Waals surface area (Å²) in [7, 11) is 0. The SMILES string of the molecule is Cc1nc(C(O)c2ccc(C(C)C)cc2)cs1. The molecule has 0 radical (unpaired) electrons. The maximum atomic E-state index is 10.2. The minimum atomic E-state index is -0.610. The lowest BCUT2D eigenvalue weighted by Gasteiger charge is -2.10. The van der Waals surface area contributed by atoms with E-state index in [9.17, 15) is 5.11 Å². The molecule has 0 fully saturated rings. The van der Waals surface area contributed by atoms with E-state index in [0.717, 1.165) is 16.3 Å². The van der Waals surface area contributed by atoms with Crippen molar-refractivity contribution in [2.75, 3.05) is 0 Å². The van der Waals surface area contributed by atoms with Crippen molar-refractivity contribution >= 4 is 11.3 Å². The van der Waals surface area contributed by atoms with Gasteiger partial charge in [-0.25, -0.2) is 4.98 Å². The molecule has 17 heavy (non-hydrogen) atoms. The van der Waals surface area contributed by atoms with E-state index in [1.807, 2.05) is 24.4 Å². The van der Waals surface area contributed by atoms with Crippen molar-refractivity contribution in [3.05, 3.63) is 51.5 Å². The number of aromatic nitrogens is 1. The van der Waals surface area contributed by atoms with Crippen molar-refractivity contribution in [1.29, 1.82) is 0 Å². The molecule has 0 aliphatic heterocycles. The molecule has 0 aliphatic carbocycles. The second kappa shape index (κ2) is 4.98. The van der Waals surface area contributed by atoms with Gasteiger partial charge in [0.25, 0.3) is 0 Å². The van der Waals surface area contributed by atoms with Crippen LogP contribution in [0.25, 0.3) is 0 Å². The molecule has 1 unspecified atom stereocenters. The van der Waals surface area contributed by atoms with Gasteiger partial charge < -0.3 is 5.11 Å². The van der Waals surface area contributed by atoms with E-state index in [0.29, 0.717) is 5.92 Å². The van der Waals surface area contributed by atoms with Crippen LogP contribution in [0.4, 0.5) is 0 Å². The Morgan fingerprint density at radius 2 is 1.71 bits per heavy atom. The Balaban J connectivity index is 2.22. The first-order valence-electron chi connectivity index (χ1n) is 5.78. The Labute approximate surface area is 106 Å². The number of hydrogen-bond acceptors (Lipinski definition) is 3. The van der Waals surface area contributed by atoms with Gasteiger partial charge in [0.05, 0.1) is 10.7 Å². The van der Waals surface area contributed by atoms with Crippen molar-refractivity contribution in [2.24, 2.45) is 0 Å². The molecule has 2 aromatic rings. The van der Waals surface area contributed by atoms with Crippen LogP contribution in [0.3, 0.4) is 0 Å². The van der Waals surface area contributed by atoms with E-state index in [2.05, 4.69) is 31.0 Å². The van der Waals surface area contributed by atoms with Crippen LogP contribution in [0.5, 0.6) is 0 Å². The molecule has 0 bridgehead atoms. The lowest BCUT2D eigenvalue weighted by atomic mass is 9.99. The van der Waals surface area contributed by atoms with Gasteiger partial charge in [0, 0.05) is 5.38 Å². The highest BCUT2D eigenvalue weighted by molar-refractivity contribution is 7.09. The predicted molar refractivity (Wildman–Crippen MR) is 71.4 cm³/mol. The summed E-state index contributed by atoms with van der Waals surface area (Å²) in [5.74, 6) is 0.516. The fourth-order valence-corrected chi connectivity index (χ4v) is 2.37. The number of aryl methyl sites for hydroxylation is 1. The van der Waals surface area contributed by atoms with E-state index in [1.54, 1.807) is 11.3 Å². The van der Waals surface area contributed by atoms with Crippen LogP contribution in [0.15, 0.2) is 29.6 Å². The molecule has 1 atom stereocenters. The van der Waals surface area contributed by atoms with Crippen LogP contribution >= 0.6 is 11.3 Å². The number of aliphatic hydroxyl groups is 1. The van der Waals surface area contributed by atoms with Crippen LogP contribution in [0.1, 0.15) is 47.7 Å². The number of hydrogen-bond donors (Lipinski definition) is 1. The number of thiazole rings is 1. The first kappa shape index (κ1) is 12.3. The topological polar surface area (TPSA) is 33.1 Å². The third-order valence-electron chi connectivity index (χ3n) is 2.84. The summed E-state index contributed by atoms with van der Waals surface area (Å²) in [6, 6.07) is 8.11. The highest BCUT2D eigenvalue weighted by Crippen LogP contribution is 2.24. The highest BCUT2D eigenvalue weighted by Gasteiger charge is 2.13. The second-order valence-electron chi connectivity index (χ2n) is 4.52. The molecule has 0 amide bonds. The highest BCUT2D eigenvalue weighted by atomic mass is 32.1. The summed E-state index contributed by atoms with van der Waals surface area (Å²) in [5, 5.41) is 13.1. The Kier molecular flexibility index (Phi) is 3.60. The number of nitrogens with zero attached hydrogens (tertiary/aromatic N) is 1. The zero-order valence-electron chi connectivity index (χ0n) is 10.3. The zero-order chi connectivity index (χ0) is 12.4. The third kappa shape index (κ3) is 2.73. The number of rotatable bonds is 3. The first-order chi connectivity index (χ1) is 8.08. The van der Waals surface area contributed by atoms with Gasteiger partial charge in [-0.3, -0.25) is 0 Å². The molecule has 3 heteroatoms. The van der Waals surface area contributed by atoms with Gasteiger partial charge in [0.1, 0.15) is 6.10 Å². The van der Waals surface area contributed by atoms with Crippen molar-refractivity contribution < 1.29 is 5.11 Å². The van der Waals surface area contributed by atoms with Gasteiger partial charge in [-0.2, -0.15) is 0 Å². The molecule has 1 N–H and O–H groups in total. The summed E-state index contributed by atoms with van der Waals surface area (Å²) < 4.78 is 0. The Morgan fingerprint density at radius 1 is 1.12 bits per heavy atom. The summed E-state index contributed by atoms with van der Waals surface area (Å²) in [6.07, 6.45) is -0.610. The maximum absolute atomic E-state index is 10.2. The molecule has 0 saturated carbocycles. The molecule has 1 aromatic carbocycles. The van der Waals surface area contributed by atoms with E-state index < -0.39 is 6.10 Å². The van der Waals surface area contributed by atoms with Gasteiger partial charge in [-0.1, -0.05) is 38.1 Å². The van der Waals surface area contributed by atoms with Crippen molar-refractivity contribution in [3.63, 3.8) is 0 Å². The summed E-state index contributed by atoms with van der Waals surface area (Å²) in [4.78, 5) is 4.31. The molecule has 0 spiro atoms. The quantitative estimate of drug-likeness (QED) is 0.898. The van der Waals surface area contributed by atoms with E-state index in [1.165, 1.54) is 5.56 Å². The molecule has 1 heterocycles. The molecule has 90 valence electrons. The average Bonchev–Trinajstić information content (AvgIpc) is 2.75. The van der Waals surface area contributed by atoms with Crippen LogP contribution in [0, 0.1) is 6.92 Å². The largest absolute Gasteiger partial charge is 0.382 e. The third-order valence-corrected chi connectivity index (χ3v) is 3.63. The molecule has 1 aromatic heterocycles. The van der Waals surface area contributed by atoms with Crippen LogP contribution < -0.4 is 0 Å². The van der Waals surface area contributed by atoms with Crippen molar-refractivity contribution in [2.45, 2.75) is 32.8 Å². The zero-order valence-corrected chi connectivity index (χ0v) is 11.2. The molecule has 0 saturated heterocycles. The van der Waals surface area contributed by atoms with Crippen LogP contribution in [-0.2, 0) is 0 Å². The molecular formula is C14H17NOS. The number of aliphatic hydroxyl groups excluding tert-OH is 1. The first-order valence-corrected chi connectivity index (χ1v) is 6.66. The lowest BCUT2D eigenvalue weighted by Crippen LogP contribution is -2.00. The second-order valence-corrected chi connectivity index (χ2v) is 5.58. The molecule has 2 nitrogen and oxygen atoms in total. The van der Waals surface area contributed by atoms with Crippen molar-refractivity contribution in [1.82, 2.24) is 4.98 Å². The molecule has 0 aliphatic rings. The maximum Gasteiger partial charge on any atom is 0.122 e. The van der Waals surface area contributed by atoms with Crippen molar-refractivity contribution in [3.8, 4) is 0 Å². The van der Waals surface area contributed by atoms with Crippen LogP contribution in [0.2, 0.25) is 0 Å². The van der Waals surface area contributed by atoms with E-state index >= 15 is 0 Å². The van der Waals surface area contributed by atoms with E-state index in [-0.39, 0.29) is 0 Å². The summed E-state index contributed by atoms with van der Waals surface area (Å²) >= 11 is 1.56. The summed E-state index contributed by atoms with van der Waals surface area (Å²) in [5.41, 5.74) is 2.93. The predicted octanol–water partition coefficient (Wildman–Crippen LogP) is 3.66. The lowest BCUT2D eigenvalue weighted by molar-refractivity contribution is 0.216. The van der Waals surface area contributed by atoms with Gasteiger partial charge in [0.15, 0.2) is 0 Å². The average molecular weight is 247 g/mol. The van der Waals surface area contributed by atoms with Gasteiger partial charge in [-0.05, 0) is 24.0 Å². The fourth-order valence-electron chi connectivity index (χ4n) is 1.74. The van der Waals surface area contributed by atoms with Crippen LogP contribution in [-0.4, -0.2) is 10.1 Å². The standard InChI is InChI=1S/C14H17NOS/c1-9(2)11-4-6-12(7-5-11)14(16)13-8-17-10(3)15-13/h4-9,14,16H,1-3H3. The normalized spacial score (nSPS) is 13.0.